The van der Waals surface area contributed by atoms with E-state index in [0.717, 1.165) is 30.9 Å². The van der Waals surface area contributed by atoms with Crippen LogP contribution < -0.4 is 10.1 Å². The maximum absolute atomic E-state index is 13.6. The summed E-state index contributed by atoms with van der Waals surface area (Å²) in [6.45, 7) is 5.76. The number of benzene rings is 1. The summed E-state index contributed by atoms with van der Waals surface area (Å²) in [5, 5.41) is 3.39. The fraction of sp³-hybridized carbons (Fsp3) is 0.538. The van der Waals surface area contributed by atoms with Crippen molar-refractivity contribution in [2.45, 2.75) is 19.5 Å². The molecule has 0 saturated carbocycles. The molecule has 1 saturated heterocycles. The lowest BCUT2D eigenvalue weighted by atomic mass is 10.1. The summed E-state index contributed by atoms with van der Waals surface area (Å²) in [5.41, 5.74) is 0.881. The summed E-state index contributed by atoms with van der Waals surface area (Å²) in [6.07, 6.45) is 0. The van der Waals surface area contributed by atoms with Gasteiger partial charge in [0.15, 0.2) is 0 Å². The molecule has 1 unspecified atom stereocenters. The van der Waals surface area contributed by atoms with Gasteiger partial charge in [-0.2, -0.15) is 0 Å². The van der Waals surface area contributed by atoms with Gasteiger partial charge in [-0.15, -0.1) is 0 Å². The third-order valence-electron chi connectivity index (χ3n) is 3.21. The minimum Gasteiger partial charge on any atom is -0.496 e. The lowest BCUT2D eigenvalue weighted by Gasteiger charge is -2.32. The molecule has 3 nitrogen and oxygen atoms in total. The highest BCUT2D eigenvalue weighted by atomic mass is 79.9. The quantitative estimate of drug-likeness (QED) is 0.926. The monoisotopic (exact) mass is 316 g/mol. The Morgan fingerprint density at radius 3 is 3.00 bits per heavy atom. The lowest BCUT2D eigenvalue weighted by molar-refractivity contribution is 0.197. The number of halogens is 2. The highest BCUT2D eigenvalue weighted by Crippen LogP contribution is 2.30. The number of piperazine rings is 1. The van der Waals surface area contributed by atoms with Crippen LogP contribution in [0.5, 0.6) is 5.75 Å². The molecule has 0 bridgehead atoms. The highest BCUT2D eigenvalue weighted by Gasteiger charge is 2.19. The average molecular weight is 317 g/mol. The summed E-state index contributed by atoms with van der Waals surface area (Å²) in [5.74, 6) is 0.489. The van der Waals surface area contributed by atoms with E-state index in [4.69, 9.17) is 4.74 Å². The van der Waals surface area contributed by atoms with E-state index in [1.807, 2.05) is 0 Å². The van der Waals surface area contributed by atoms with Gasteiger partial charge in [-0.1, -0.05) is 0 Å². The second kappa shape index (κ2) is 5.99. The van der Waals surface area contributed by atoms with Gasteiger partial charge in [0.05, 0.1) is 11.6 Å². The zero-order valence-electron chi connectivity index (χ0n) is 10.7. The number of nitrogens with one attached hydrogen (secondary N) is 1. The molecule has 18 heavy (non-hydrogen) atoms. The van der Waals surface area contributed by atoms with E-state index < -0.39 is 0 Å². The van der Waals surface area contributed by atoms with E-state index in [9.17, 15) is 4.39 Å². The first-order valence-corrected chi connectivity index (χ1v) is 6.87. The van der Waals surface area contributed by atoms with Crippen LogP contribution in [0, 0.1) is 5.82 Å². The molecule has 1 aromatic rings. The lowest BCUT2D eigenvalue weighted by Crippen LogP contribution is -2.48. The first-order chi connectivity index (χ1) is 8.61. The number of methoxy groups -OCH3 is 1. The van der Waals surface area contributed by atoms with Crippen molar-refractivity contribution >= 4 is 15.9 Å². The summed E-state index contributed by atoms with van der Waals surface area (Å²) < 4.78 is 19.4. The van der Waals surface area contributed by atoms with Crippen molar-refractivity contribution in [3.63, 3.8) is 0 Å². The molecule has 100 valence electrons. The highest BCUT2D eigenvalue weighted by molar-refractivity contribution is 9.10. The molecule has 0 aliphatic carbocycles. The molecular weight excluding hydrogens is 299 g/mol. The smallest absolute Gasteiger partial charge is 0.137 e. The summed E-state index contributed by atoms with van der Waals surface area (Å²) in [4.78, 5) is 2.31. The molecule has 0 radical (unpaired) electrons. The van der Waals surface area contributed by atoms with E-state index in [-0.39, 0.29) is 5.82 Å². The Morgan fingerprint density at radius 1 is 1.56 bits per heavy atom. The molecule has 1 aromatic carbocycles. The molecule has 0 spiro atoms. The Bertz CT molecular complexity index is 428. The predicted molar refractivity (Wildman–Crippen MR) is 73.4 cm³/mol. The fourth-order valence-electron chi connectivity index (χ4n) is 2.29. The van der Waals surface area contributed by atoms with Crippen LogP contribution in [-0.2, 0) is 6.54 Å². The molecule has 0 amide bonds. The van der Waals surface area contributed by atoms with E-state index >= 15 is 0 Å². The maximum atomic E-state index is 13.6. The third-order valence-corrected chi connectivity index (χ3v) is 4.07. The maximum Gasteiger partial charge on any atom is 0.137 e. The van der Waals surface area contributed by atoms with Crippen LogP contribution in [0.1, 0.15) is 12.5 Å². The van der Waals surface area contributed by atoms with E-state index in [0.29, 0.717) is 17.1 Å². The molecule has 1 aliphatic rings. The van der Waals surface area contributed by atoms with Crippen LogP contribution in [0.2, 0.25) is 0 Å². The average Bonchev–Trinajstić information content (AvgIpc) is 2.35. The van der Waals surface area contributed by atoms with Gasteiger partial charge in [0.2, 0.25) is 0 Å². The van der Waals surface area contributed by atoms with E-state index in [2.05, 4.69) is 33.1 Å². The van der Waals surface area contributed by atoms with Gasteiger partial charge in [0, 0.05) is 37.8 Å². The Hall–Kier alpha value is -0.650. The van der Waals surface area contributed by atoms with Crippen molar-refractivity contribution in [1.82, 2.24) is 10.2 Å². The van der Waals surface area contributed by atoms with Crippen LogP contribution in [0.25, 0.3) is 0 Å². The topological polar surface area (TPSA) is 24.5 Å². The minimum atomic E-state index is -0.242. The van der Waals surface area contributed by atoms with Crippen LogP contribution in [0.3, 0.4) is 0 Å². The first-order valence-electron chi connectivity index (χ1n) is 6.08. The second-order valence-electron chi connectivity index (χ2n) is 4.63. The van der Waals surface area contributed by atoms with Crippen molar-refractivity contribution in [2.24, 2.45) is 0 Å². The van der Waals surface area contributed by atoms with Gasteiger partial charge in [0.25, 0.3) is 0 Å². The molecule has 1 atom stereocenters. The number of nitrogens with zero attached hydrogens (tertiary/aromatic N) is 1. The van der Waals surface area contributed by atoms with Crippen molar-refractivity contribution in [3.8, 4) is 5.75 Å². The fourth-order valence-corrected chi connectivity index (χ4v) is 2.75. The normalized spacial score (nSPS) is 21.0. The number of rotatable bonds is 3. The molecule has 2 rings (SSSR count). The van der Waals surface area contributed by atoms with Crippen LogP contribution in [-0.4, -0.2) is 37.7 Å². The SMILES string of the molecule is COc1ccc(F)c(Br)c1CN1CCNC(C)C1. The number of ether oxygens (including phenoxy) is 1. The van der Waals surface area contributed by atoms with E-state index in [1.54, 1.807) is 13.2 Å². The van der Waals surface area contributed by atoms with Crippen molar-refractivity contribution in [2.75, 3.05) is 26.7 Å². The Kier molecular flexibility index (Phi) is 4.59. The van der Waals surface area contributed by atoms with Crippen LogP contribution in [0.15, 0.2) is 16.6 Å². The second-order valence-corrected chi connectivity index (χ2v) is 5.43. The van der Waals surface area contributed by atoms with Crippen LogP contribution in [0.4, 0.5) is 4.39 Å². The standard InChI is InChI=1S/C13H18BrFN2O/c1-9-7-17(6-5-16-9)8-10-12(18-2)4-3-11(15)13(10)14/h3-4,9,16H,5-8H2,1-2H3. The van der Waals surface area contributed by atoms with Gasteiger partial charge in [-0.05, 0) is 35.0 Å². The number of hydrogen-bond acceptors (Lipinski definition) is 3. The third kappa shape index (κ3) is 3.02. The molecule has 1 heterocycles. The number of hydrogen-bond donors (Lipinski definition) is 1. The van der Waals surface area contributed by atoms with Crippen molar-refractivity contribution < 1.29 is 9.13 Å². The molecular formula is C13H18BrFN2O. The molecule has 1 aliphatic heterocycles. The van der Waals surface area contributed by atoms with Gasteiger partial charge >= 0.3 is 0 Å². The van der Waals surface area contributed by atoms with E-state index in [1.165, 1.54) is 6.07 Å². The first kappa shape index (κ1) is 13.8. The van der Waals surface area contributed by atoms with Gasteiger partial charge in [-0.25, -0.2) is 4.39 Å². The summed E-state index contributed by atoms with van der Waals surface area (Å²) in [7, 11) is 1.61. The van der Waals surface area contributed by atoms with Crippen molar-refractivity contribution in [3.05, 3.63) is 28.0 Å². The van der Waals surface area contributed by atoms with Crippen molar-refractivity contribution in [1.29, 1.82) is 0 Å². The molecule has 0 aromatic heterocycles. The summed E-state index contributed by atoms with van der Waals surface area (Å²) >= 11 is 3.32. The Labute approximate surface area is 115 Å². The largest absolute Gasteiger partial charge is 0.496 e. The van der Waals surface area contributed by atoms with Crippen LogP contribution >= 0.6 is 15.9 Å². The predicted octanol–water partition coefficient (Wildman–Crippen LogP) is 2.39. The van der Waals surface area contributed by atoms with Gasteiger partial charge in [0.1, 0.15) is 11.6 Å². The van der Waals surface area contributed by atoms with Gasteiger partial charge in [-0.3, -0.25) is 4.90 Å². The Balaban J connectivity index is 2.19. The molecule has 1 fully saturated rings. The zero-order chi connectivity index (χ0) is 13.1. The van der Waals surface area contributed by atoms with Gasteiger partial charge < -0.3 is 10.1 Å². The zero-order valence-corrected chi connectivity index (χ0v) is 12.3. The minimum absolute atomic E-state index is 0.242. The summed E-state index contributed by atoms with van der Waals surface area (Å²) in [6, 6.07) is 3.57. The molecule has 1 N–H and O–H groups in total. The molecule has 5 heteroatoms. The Morgan fingerprint density at radius 2 is 2.33 bits per heavy atom.